The summed E-state index contributed by atoms with van der Waals surface area (Å²) in [6.45, 7) is 5.62. The van der Waals surface area contributed by atoms with Crippen molar-refractivity contribution < 1.29 is 9.31 Å². The number of rotatable bonds is 4. The van der Waals surface area contributed by atoms with Crippen molar-refractivity contribution >= 4 is 17.1 Å². The van der Waals surface area contributed by atoms with Gasteiger partial charge in [-0.2, -0.15) is 0 Å². The number of benzene rings is 2. The van der Waals surface area contributed by atoms with Gasteiger partial charge in [-0.3, -0.25) is 15.0 Å². The Hall–Kier alpha value is -2.67. The SMILES string of the molecule is Cc1cc([N+](=O)[O-])c(N2CCCN(Cc3ccc(F)cc3)CC2)cc1N. The quantitative estimate of drug-likeness (QED) is 0.515. The number of nitro groups is 1. The minimum atomic E-state index is -0.344. The third-order valence-corrected chi connectivity index (χ3v) is 4.81. The Labute approximate surface area is 152 Å². The molecule has 3 rings (SSSR count). The van der Waals surface area contributed by atoms with Crippen molar-refractivity contribution in [1.82, 2.24) is 4.90 Å². The lowest BCUT2D eigenvalue weighted by Gasteiger charge is -2.24. The Morgan fingerprint density at radius 3 is 2.58 bits per heavy atom. The van der Waals surface area contributed by atoms with Crippen LogP contribution in [0.5, 0.6) is 0 Å². The first kappa shape index (κ1) is 18.1. The third kappa shape index (κ3) is 4.11. The van der Waals surface area contributed by atoms with Crippen LogP contribution in [-0.2, 0) is 6.54 Å². The first-order valence-corrected chi connectivity index (χ1v) is 8.70. The standard InChI is InChI=1S/C19H23FN4O2/c1-14-11-19(24(25)26)18(12-17(14)21)23-8-2-7-22(9-10-23)13-15-3-5-16(20)6-4-15/h3-6,11-12H,2,7-10,13,21H2,1H3. The Morgan fingerprint density at radius 1 is 1.15 bits per heavy atom. The van der Waals surface area contributed by atoms with Crippen LogP contribution in [0.3, 0.4) is 0 Å². The van der Waals surface area contributed by atoms with Gasteiger partial charge in [-0.05, 0) is 42.7 Å². The molecule has 2 aromatic carbocycles. The van der Waals surface area contributed by atoms with E-state index in [0.717, 1.165) is 38.2 Å². The van der Waals surface area contributed by atoms with Crippen molar-refractivity contribution in [2.45, 2.75) is 19.9 Å². The molecule has 0 bridgehead atoms. The number of halogens is 1. The van der Waals surface area contributed by atoms with Gasteiger partial charge in [-0.1, -0.05) is 12.1 Å². The zero-order valence-corrected chi connectivity index (χ0v) is 14.8. The number of nitro benzene ring substituents is 1. The maximum absolute atomic E-state index is 13.0. The molecule has 1 aliphatic rings. The van der Waals surface area contributed by atoms with Crippen molar-refractivity contribution in [3.8, 4) is 0 Å². The molecular weight excluding hydrogens is 335 g/mol. The van der Waals surface area contributed by atoms with Crippen LogP contribution in [0.25, 0.3) is 0 Å². The molecule has 2 aromatic rings. The van der Waals surface area contributed by atoms with Crippen LogP contribution in [0.4, 0.5) is 21.5 Å². The predicted octanol–water partition coefficient (Wildman–Crippen LogP) is 3.34. The van der Waals surface area contributed by atoms with Crippen molar-refractivity contribution in [3.63, 3.8) is 0 Å². The lowest BCUT2D eigenvalue weighted by atomic mass is 10.1. The zero-order valence-electron chi connectivity index (χ0n) is 14.8. The molecule has 1 saturated heterocycles. The second kappa shape index (κ2) is 7.70. The van der Waals surface area contributed by atoms with Crippen LogP contribution in [0, 0.1) is 22.9 Å². The summed E-state index contributed by atoms with van der Waals surface area (Å²) in [5, 5.41) is 11.4. The molecule has 7 heteroatoms. The number of nitrogen functional groups attached to an aromatic ring is 1. The van der Waals surface area contributed by atoms with E-state index in [4.69, 9.17) is 5.73 Å². The summed E-state index contributed by atoms with van der Waals surface area (Å²) in [5.41, 5.74) is 9.02. The minimum absolute atomic E-state index is 0.101. The van der Waals surface area contributed by atoms with E-state index in [1.54, 1.807) is 31.2 Å². The molecule has 26 heavy (non-hydrogen) atoms. The number of nitrogens with two attached hydrogens (primary N) is 1. The van der Waals surface area contributed by atoms with Crippen molar-refractivity contribution in [1.29, 1.82) is 0 Å². The van der Waals surface area contributed by atoms with Crippen LogP contribution in [0.1, 0.15) is 17.5 Å². The summed E-state index contributed by atoms with van der Waals surface area (Å²) in [6, 6.07) is 9.79. The number of hydrogen-bond acceptors (Lipinski definition) is 5. The van der Waals surface area contributed by atoms with Gasteiger partial charge in [0.25, 0.3) is 5.69 Å². The summed E-state index contributed by atoms with van der Waals surface area (Å²) in [4.78, 5) is 15.4. The largest absolute Gasteiger partial charge is 0.398 e. The van der Waals surface area contributed by atoms with Crippen LogP contribution < -0.4 is 10.6 Å². The first-order valence-electron chi connectivity index (χ1n) is 8.70. The summed E-state index contributed by atoms with van der Waals surface area (Å²) in [7, 11) is 0. The maximum atomic E-state index is 13.0. The Kier molecular flexibility index (Phi) is 5.37. The van der Waals surface area contributed by atoms with Gasteiger partial charge in [0, 0.05) is 44.5 Å². The van der Waals surface area contributed by atoms with Gasteiger partial charge in [0.2, 0.25) is 0 Å². The van der Waals surface area contributed by atoms with Crippen LogP contribution in [0.15, 0.2) is 36.4 Å². The molecule has 0 amide bonds. The van der Waals surface area contributed by atoms with Crippen LogP contribution in [0.2, 0.25) is 0 Å². The maximum Gasteiger partial charge on any atom is 0.292 e. The lowest BCUT2D eigenvalue weighted by molar-refractivity contribution is -0.384. The fourth-order valence-corrected chi connectivity index (χ4v) is 3.31. The fraction of sp³-hybridized carbons (Fsp3) is 0.368. The first-order chi connectivity index (χ1) is 12.4. The van der Waals surface area contributed by atoms with Gasteiger partial charge in [0.05, 0.1) is 4.92 Å². The van der Waals surface area contributed by atoms with E-state index < -0.39 is 0 Å². The summed E-state index contributed by atoms with van der Waals surface area (Å²) < 4.78 is 13.0. The second-order valence-electron chi connectivity index (χ2n) is 6.70. The molecule has 0 saturated carbocycles. The second-order valence-corrected chi connectivity index (χ2v) is 6.70. The Bertz CT molecular complexity index is 795. The van der Waals surface area contributed by atoms with E-state index in [2.05, 4.69) is 4.90 Å². The third-order valence-electron chi connectivity index (χ3n) is 4.81. The van der Waals surface area contributed by atoms with E-state index in [1.807, 2.05) is 4.90 Å². The molecule has 1 fully saturated rings. The molecular formula is C19H23FN4O2. The van der Waals surface area contributed by atoms with E-state index in [9.17, 15) is 14.5 Å². The molecule has 0 atom stereocenters. The highest BCUT2D eigenvalue weighted by molar-refractivity contribution is 5.71. The normalized spacial score (nSPS) is 15.7. The highest BCUT2D eigenvalue weighted by Gasteiger charge is 2.23. The van der Waals surface area contributed by atoms with Gasteiger partial charge >= 0.3 is 0 Å². The van der Waals surface area contributed by atoms with Crippen molar-refractivity contribution in [3.05, 3.63) is 63.5 Å². The monoisotopic (exact) mass is 358 g/mol. The minimum Gasteiger partial charge on any atom is -0.398 e. The van der Waals surface area contributed by atoms with Gasteiger partial charge < -0.3 is 10.6 Å². The molecule has 0 aliphatic carbocycles. The van der Waals surface area contributed by atoms with E-state index in [0.29, 0.717) is 23.5 Å². The lowest BCUT2D eigenvalue weighted by Crippen LogP contribution is -2.31. The average Bonchev–Trinajstić information content (AvgIpc) is 2.84. The molecule has 0 unspecified atom stereocenters. The molecule has 1 heterocycles. The Balaban J connectivity index is 1.73. The molecule has 0 radical (unpaired) electrons. The highest BCUT2D eigenvalue weighted by Crippen LogP contribution is 2.33. The summed E-state index contributed by atoms with van der Waals surface area (Å²) in [5.74, 6) is -0.236. The Morgan fingerprint density at radius 2 is 1.88 bits per heavy atom. The smallest absolute Gasteiger partial charge is 0.292 e. The van der Waals surface area contributed by atoms with E-state index >= 15 is 0 Å². The molecule has 0 aromatic heterocycles. The van der Waals surface area contributed by atoms with Gasteiger partial charge in [0.15, 0.2) is 0 Å². The average molecular weight is 358 g/mol. The predicted molar refractivity (Wildman–Crippen MR) is 101 cm³/mol. The van der Waals surface area contributed by atoms with Gasteiger partial charge in [-0.15, -0.1) is 0 Å². The summed E-state index contributed by atoms with van der Waals surface area (Å²) in [6.07, 6.45) is 0.895. The summed E-state index contributed by atoms with van der Waals surface area (Å²) >= 11 is 0. The molecule has 1 aliphatic heterocycles. The number of aryl methyl sites for hydroxylation is 1. The number of anilines is 2. The molecule has 138 valence electrons. The van der Waals surface area contributed by atoms with Crippen LogP contribution >= 0.6 is 0 Å². The fourth-order valence-electron chi connectivity index (χ4n) is 3.31. The topological polar surface area (TPSA) is 75.6 Å². The van der Waals surface area contributed by atoms with Crippen molar-refractivity contribution in [2.24, 2.45) is 0 Å². The molecule has 6 nitrogen and oxygen atoms in total. The van der Waals surface area contributed by atoms with E-state index in [-0.39, 0.29) is 16.4 Å². The van der Waals surface area contributed by atoms with Gasteiger partial charge in [0.1, 0.15) is 11.5 Å². The molecule has 2 N–H and O–H groups in total. The molecule has 0 spiro atoms. The van der Waals surface area contributed by atoms with Crippen LogP contribution in [-0.4, -0.2) is 36.0 Å². The highest BCUT2D eigenvalue weighted by atomic mass is 19.1. The van der Waals surface area contributed by atoms with E-state index in [1.165, 1.54) is 12.1 Å². The van der Waals surface area contributed by atoms with Crippen molar-refractivity contribution in [2.75, 3.05) is 36.8 Å². The number of hydrogen-bond donors (Lipinski definition) is 1. The zero-order chi connectivity index (χ0) is 18.7. The van der Waals surface area contributed by atoms with Gasteiger partial charge in [-0.25, -0.2) is 4.39 Å². The number of nitrogens with zero attached hydrogens (tertiary/aromatic N) is 3.